The van der Waals surface area contributed by atoms with Crippen LogP contribution in [0.3, 0.4) is 0 Å². The van der Waals surface area contributed by atoms with E-state index in [-0.39, 0.29) is 0 Å². The van der Waals surface area contributed by atoms with Crippen molar-refractivity contribution in [3.63, 3.8) is 0 Å². The molecular weight excluding hydrogens is 284 g/mol. The maximum absolute atomic E-state index is 4.72. The zero-order chi connectivity index (χ0) is 11.0. The summed E-state index contributed by atoms with van der Waals surface area (Å²) in [5.74, 6) is 0. The minimum atomic E-state index is 0.973. The Hall–Kier alpha value is -0.710. The standard InChI is InChI=1S/C12H11BrN2S/c13-9-3-1-2-8(6-9)12-15-10-4-5-14-7-11(10)16-12/h1-3,6,14H,4-5,7H2. The van der Waals surface area contributed by atoms with Gasteiger partial charge in [-0.1, -0.05) is 28.1 Å². The van der Waals surface area contributed by atoms with Gasteiger partial charge in [0.05, 0.1) is 5.69 Å². The second-order valence-corrected chi connectivity index (χ2v) is 5.83. The lowest BCUT2D eigenvalue weighted by atomic mass is 10.2. The Labute approximate surface area is 107 Å². The molecule has 4 heteroatoms. The van der Waals surface area contributed by atoms with E-state index in [1.807, 2.05) is 6.07 Å². The van der Waals surface area contributed by atoms with Gasteiger partial charge in [-0.25, -0.2) is 4.98 Å². The van der Waals surface area contributed by atoms with Crippen molar-refractivity contribution >= 4 is 27.3 Å². The zero-order valence-corrected chi connectivity index (χ0v) is 11.1. The largest absolute Gasteiger partial charge is 0.311 e. The van der Waals surface area contributed by atoms with Crippen molar-refractivity contribution in [2.75, 3.05) is 6.54 Å². The molecule has 82 valence electrons. The molecule has 16 heavy (non-hydrogen) atoms. The van der Waals surface area contributed by atoms with E-state index in [1.165, 1.54) is 16.1 Å². The van der Waals surface area contributed by atoms with Crippen molar-refractivity contribution in [3.05, 3.63) is 39.3 Å². The molecule has 2 aromatic rings. The van der Waals surface area contributed by atoms with Crippen molar-refractivity contribution in [1.82, 2.24) is 10.3 Å². The Kier molecular flexibility index (Phi) is 2.79. The molecule has 0 fully saturated rings. The summed E-state index contributed by atoms with van der Waals surface area (Å²) in [4.78, 5) is 6.11. The lowest BCUT2D eigenvalue weighted by Gasteiger charge is -2.09. The molecule has 1 aromatic heterocycles. The number of halogens is 1. The molecule has 1 aliphatic rings. The second kappa shape index (κ2) is 4.28. The third-order valence-electron chi connectivity index (χ3n) is 2.67. The average Bonchev–Trinajstić information content (AvgIpc) is 2.72. The van der Waals surface area contributed by atoms with Crippen LogP contribution in [0.5, 0.6) is 0 Å². The third kappa shape index (κ3) is 1.93. The smallest absolute Gasteiger partial charge is 0.123 e. The van der Waals surface area contributed by atoms with Gasteiger partial charge in [0, 0.05) is 34.4 Å². The normalized spacial score (nSPS) is 14.8. The van der Waals surface area contributed by atoms with Gasteiger partial charge in [-0.3, -0.25) is 0 Å². The molecule has 2 nitrogen and oxygen atoms in total. The highest BCUT2D eigenvalue weighted by atomic mass is 79.9. The molecule has 2 heterocycles. The van der Waals surface area contributed by atoms with Gasteiger partial charge in [0.2, 0.25) is 0 Å². The highest BCUT2D eigenvalue weighted by Crippen LogP contribution is 2.30. The monoisotopic (exact) mass is 294 g/mol. The van der Waals surface area contributed by atoms with Crippen molar-refractivity contribution in [2.45, 2.75) is 13.0 Å². The maximum Gasteiger partial charge on any atom is 0.123 e. The van der Waals surface area contributed by atoms with Crippen LogP contribution in [0, 0.1) is 0 Å². The van der Waals surface area contributed by atoms with Crippen molar-refractivity contribution in [3.8, 4) is 10.6 Å². The molecule has 0 radical (unpaired) electrons. The van der Waals surface area contributed by atoms with Gasteiger partial charge in [-0.05, 0) is 12.1 Å². The number of fused-ring (bicyclic) bond motifs is 1. The van der Waals surface area contributed by atoms with Gasteiger partial charge >= 0.3 is 0 Å². The van der Waals surface area contributed by atoms with Crippen LogP contribution in [0.15, 0.2) is 28.7 Å². The Morgan fingerprint density at radius 2 is 2.31 bits per heavy atom. The molecule has 0 bridgehead atoms. The van der Waals surface area contributed by atoms with Crippen LogP contribution in [0.25, 0.3) is 10.6 Å². The summed E-state index contributed by atoms with van der Waals surface area (Å²) in [6.07, 6.45) is 1.06. The van der Waals surface area contributed by atoms with Gasteiger partial charge < -0.3 is 5.32 Å². The number of rotatable bonds is 1. The highest BCUT2D eigenvalue weighted by Gasteiger charge is 2.15. The van der Waals surface area contributed by atoms with Crippen LogP contribution in [0.4, 0.5) is 0 Å². The van der Waals surface area contributed by atoms with E-state index in [4.69, 9.17) is 4.98 Å². The molecule has 3 rings (SSSR count). The molecule has 0 saturated carbocycles. The predicted octanol–water partition coefficient (Wildman–Crippen LogP) is 3.22. The van der Waals surface area contributed by atoms with E-state index in [9.17, 15) is 0 Å². The third-order valence-corrected chi connectivity index (χ3v) is 4.31. The summed E-state index contributed by atoms with van der Waals surface area (Å²) < 4.78 is 1.11. The predicted molar refractivity (Wildman–Crippen MR) is 70.7 cm³/mol. The molecule has 0 unspecified atom stereocenters. The second-order valence-electron chi connectivity index (χ2n) is 3.83. The number of aromatic nitrogens is 1. The molecule has 0 saturated heterocycles. The summed E-state index contributed by atoms with van der Waals surface area (Å²) in [6.45, 7) is 2.02. The molecule has 0 atom stereocenters. The van der Waals surface area contributed by atoms with Gasteiger partial charge in [-0.15, -0.1) is 11.3 Å². The first-order chi connectivity index (χ1) is 7.83. The van der Waals surface area contributed by atoms with Crippen molar-refractivity contribution in [2.24, 2.45) is 0 Å². The Balaban J connectivity index is 2.03. The number of nitrogens with one attached hydrogen (secondary N) is 1. The van der Waals surface area contributed by atoms with Crippen LogP contribution in [0.1, 0.15) is 10.6 Å². The van der Waals surface area contributed by atoms with Gasteiger partial charge in [-0.2, -0.15) is 0 Å². The van der Waals surface area contributed by atoms with Crippen LogP contribution in [-0.4, -0.2) is 11.5 Å². The molecule has 0 amide bonds. The summed E-state index contributed by atoms with van der Waals surface area (Å²) in [7, 11) is 0. The number of thiazole rings is 1. The highest BCUT2D eigenvalue weighted by molar-refractivity contribution is 9.10. The topological polar surface area (TPSA) is 24.9 Å². The Bertz CT molecular complexity index is 498. The van der Waals surface area contributed by atoms with E-state index < -0.39 is 0 Å². The average molecular weight is 295 g/mol. The van der Waals surface area contributed by atoms with Gasteiger partial charge in [0.25, 0.3) is 0 Å². The molecule has 1 N–H and O–H groups in total. The fraction of sp³-hybridized carbons (Fsp3) is 0.250. The molecular formula is C12H11BrN2S. The number of hydrogen-bond donors (Lipinski definition) is 1. The fourth-order valence-electron chi connectivity index (χ4n) is 1.87. The lowest BCUT2D eigenvalue weighted by molar-refractivity contribution is 0.644. The number of benzene rings is 1. The summed E-state index contributed by atoms with van der Waals surface area (Å²) >= 11 is 5.30. The number of nitrogens with zero attached hydrogens (tertiary/aromatic N) is 1. The van der Waals surface area contributed by atoms with E-state index in [0.29, 0.717) is 0 Å². The molecule has 0 aliphatic carbocycles. The van der Waals surface area contributed by atoms with Crippen LogP contribution < -0.4 is 5.32 Å². The van der Waals surface area contributed by atoms with Crippen molar-refractivity contribution < 1.29 is 0 Å². The maximum atomic E-state index is 4.72. The van der Waals surface area contributed by atoms with Gasteiger partial charge in [0.1, 0.15) is 5.01 Å². The SMILES string of the molecule is Brc1cccc(-c2nc3c(s2)CNCC3)c1. The molecule has 0 spiro atoms. The van der Waals surface area contributed by atoms with E-state index in [1.54, 1.807) is 11.3 Å². The zero-order valence-electron chi connectivity index (χ0n) is 8.66. The lowest BCUT2D eigenvalue weighted by Crippen LogP contribution is -2.22. The summed E-state index contributed by atoms with van der Waals surface area (Å²) in [6, 6.07) is 8.33. The van der Waals surface area contributed by atoms with E-state index in [0.717, 1.165) is 29.0 Å². The van der Waals surface area contributed by atoms with Gasteiger partial charge in [0.15, 0.2) is 0 Å². The van der Waals surface area contributed by atoms with E-state index >= 15 is 0 Å². The Morgan fingerprint density at radius 3 is 3.12 bits per heavy atom. The first-order valence-electron chi connectivity index (χ1n) is 5.28. The molecule has 1 aromatic carbocycles. The number of hydrogen-bond acceptors (Lipinski definition) is 3. The summed E-state index contributed by atoms with van der Waals surface area (Å²) in [5.41, 5.74) is 2.48. The fourth-order valence-corrected chi connectivity index (χ4v) is 3.34. The quantitative estimate of drug-likeness (QED) is 0.874. The molecule has 1 aliphatic heterocycles. The van der Waals surface area contributed by atoms with Crippen LogP contribution >= 0.6 is 27.3 Å². The summed E-state index contributed by atoms with van der Waals surface area (Å²) in [5, 5.41) is 4.51. The Morgan fingerprint density at radius 1 is 1.38 bits per heavy atom. The van der Waals surface area contributed by atoms with E-state index in [2.05, 4.69) is 39.4 Å². The van der Waals surface area contributed by atoms with Crippen LogP contribution in [0.2, 0.25) is 0 Å². The van der Waals surface area contributed by atoms with Crippen LogP contribution in [-0.2, 0) is 13.0 Å². The first kappa shape index (κ1) is 10.4. The minimum absolute atomic E-state index is 0.973. The first-order valence-corrected chi connectivity index (χ1v) is 6.89. The minimum Gasteiger partial charge on any atom is -0.311 e. The van der Waals surface area contributed by atoms with Crippen molar-refractivity contribution in [1.29, 1.82) is 0 Å².